The van der Waals surface area contributed by atoms with Gasteiger partial charge in [-0.05, 0) is 31.0 Å². The standard InChI is InChI=1S/C17H25N3/c1-4-9-19-17-10-14(12-18-11-13(2)3)20-16-8-6-5-7-15(16)17/h5-8,10,13,18H,4,9,11-12H2,1-3H3,(H,19,20). The topological polar surface area (TPSA) is 37.0 Å². The molecule has 0 spiro atoms. The largest absolute Gasteiger partial charge is 0.384 e. The van der Waals surface area contributed by atoms with E-state index in [1.165, 1.54) is 11.1 Å². The van der Waals surface area contributed by atoms with Crippen LogP contribution in [0.5, 0.6) is 0 Å². The number of anilines is 1. The number of pyridine rings is 1. The molecule has 0 aliphatic rings. The first-order valence-electron chi connectivity index (χ1n) is 7.54. The van der Waals surface area contributed by atoms with Gasteiger partial charge in [-0.3, -0.25) is 4.98 Å². The number of fused-ring (bicyclic) bond motifs is 1. The second-order valence-electron chi connectivity index (χ2n) is 5.63. The van der Waals surface area contributed by atoms with E-state index in [0.29, 0.717) is 5.92 Å². The van der Waals surface area contributed by atoms with Crippen LogP contribution in [0, 0.1) is 5.92 Å². The molecule has 0 aliphatic heterocycles. The highest BCUT2D eigenvalue weighted by Crippen LogP contribution is 2.23. The Kier molecular flexibility index (Phi) is 5.36. The first kappa shape index (κ1) is 14.8. The summed E-state index contributed by atoms with van der Waals surface area (Å²) in [5, 5.41) is 8.17. The number of nitrogens with zero attached hydrogens (tertiary/aromatic N) is 1. The van der Waals surface area contributed by atoms with Crippen molar-refractivity contribution in [2.75, 3.05) is 18.4 Å². The second-order valence-corrected chi connectivity index (χ2v) is 5.63. The zero-order valence-corrected chi connectivity index (χ0v) is 12.7. The maximum absolute atomic E-state index is 4.74. The Bertz CT molecular complexity index is 549. The predicted octanol–water partition coefficient (Wildman–Crippen LogP) is 3.80. The molecule has 3 heteroatoms. The van der Waals surface area contributed by atoms with Gasteiger partial charge in [-0.25, -0.2) is 0 Å². The van der Waals surface area contributed by atoms with Crippen molar-refractivity contribution in [1.82, 2.24) is 10.3 Å². The fourth-order valence-corrected chi connectivity index (χ4v) is 2.22. The summed E-state index contributed by atoms with van der Waals surface area (Å²) < 4.78 is 0. The minimum absolute atomic E-state index is 0.660. The third-order valence-corrected chi connectivity index (χ3v) is 3.19. The van der Waals surface area contributed by atoms with Crippen molar-refractivity contribution in [1.29, 1.82) is 0 Å². The molecular weight excluding hydrogens is 246 g/mol. The molecule has 0 radical (unpaired) electrons. The Morgan fingerprint density at radius 2 is 2.00 bits per heavy atom. The van der Waals surface area contributed by atoms with Crippen LogP contribution in [-0.4, -0.2) is 18.1 Å². The lowest BCUT2D eigenvalue weighted by Crippen LogP contribution is -2.19. The molecule has 108 valence electrons. The molecule has 2 N–H and O–H groups in total. The molecule has 0 amide bonds. The third-order valence-electron chi connectivity index (χ3n) is 3.19. The van der Waals surface area contributed by atoms with Crippen molar-refractivity contribution < 1.29 is 0 Å². The number of hydrogen-bond donors (Lipinski definition) is 2. The van der Waals surface area contributed by atoms with E-state index < -0.39 is 0 Å². The van der Waals surface area contributed by atoms with Crippen molar-refractivity contribution in [2.45, 2.75) is 33.7 Å². The van der Waals surface area contributed by atoms with E-state index in [-0.39, 0.29) is 0 Å². The SMILES string of the molecule is CCCNc1cc(CNCC(C)C)nc2ccccc12. The Hall–Kier alpha value is -1.61. The Labute approximate surface area is 121 Å². The summed E-state index contributed by atoms with van der Waals surface area (Å²) in [7, 11) is 0. The molecule has 0 unspecified atom stereocenters. The van der Waals surface area contributed by atoms with Gasteiger partial charge in [0.15, 0.2) is 0 Å². The maximum atomic E-state index is 4.74. The monoisotopic (exact) mass is 271 g/mol. The summed E-state index contributed by atoms with van der Waals surface area (Å²) in [5.41, 5.74) is 3.36. The first-order valence-corrected chi connectivity index (χ1v) is 7.54. The van der Waals surface area contributed by atoms with E-state index in [4.69, 9.17) is 4.98 Å². The van der Waals surface area contributed by atoms with Gasteiger partial charge in [-0.1, -0.05) is 39.0 Å². The van der Waals surface area contributed by atoms with Crippen molar-refractivity contribution in [3.05, 3.63) is 36.0 Å². The van der Waals surface area contributed by atoms with Gasteiger partial charge in [-0.2, -0.15) is 0 Å². The summed E-state index contributed by atoms with van der Waals surface area (Å²) in [6.45, 7) is 9.45. The van der Waals surface area contributed by atoms with Crippen molar-refractivity contribution in [3.8, 4) is 0 Å². The van der Waals surface area contributed by atoms with Crippen molar-refractivity contribution in [2.24, 2.45) is 5.92 Å². The van der Waals surface area contributed by atoms with E-state index in [1.54, 1.807) is 0 Å². The molecule has 0 aliphatic carbocycles. The van der Waals surface area contributed by atoms with Crippen LogP contribution in [0.25, 0.3) is 10.9 Å². The second kappa shape index (κ2) is 7.25. The van der Waals surface area contributed by atoms with Crippen molar-refractivity contribution >= 4 is 16.6 Å². The normalized spacial score (nSPS) is 11.2. The molecule has 0 saturated heterocycles. The summed E-state index contributed by atoms with van der Waals surface area (Å²) in [5.74, 6) is 0.660. The predicted molar refractivity (Wildman–Crippen MR) is 87.1 cm³/mol. The fraction of sp³-hybridized carbons (Fsp3) is 0.471. The number of aromatic nitrogens is 1. The lowest BCUT2D eigenvalue weighted by molar-refractivity contribution is 0.549. The van der Waals surface area contributed by atoms with Gasteiger partial charge in [-0.15, -0.1) is 0 Å². The van der Waals surface area contributed by atoms with Crippen LogP contribution in [-0.2, 0) is 6.54 Å². The Balaban J connectivity index is 2.22. The van der Waals surface area contributed by atoms with Crippen molar-refractivity contribution in [3.63, 3.8) is 0 Å². The zero-order chi connectivity index (χ0) is 14.4. The minimum Gasteiger partial charge on any atom is -0.384 e. The lowest BCUT2D eigenvalue weighted by Gasteiger charge is -2.12. The van der Waals surface area contributed by atoms with Crippen LogP contribution in [0.15, 0.2) is 30.3 Å². The van der Waals surface area contributed by atoms with Gasteiger partial charge < -0.3 is 10.6 Å². The highest BCUT2D eigenvalue weighted by atomic mass is 14.9. The molecule has 20 heavy (non-hydrogen) atoms. The third kappa shape index (κ3) is 3.94. The van der Waals surface area contributed by atoms with Gasteiger partial charge in [0.2, 0.25) is 0 Å². The smallest absolute Gasteiger partial charge is 0.0726 e. The highest BCUT2D eigenvalue weighted by Gasteiger charge is 2.05. The molecule has 1 heterocycles. The van der Waals surface area contributed by atoms with Crippen LogP contribution in [0.3, 0.4) is 0 Å². The zero-order valence-electron chi connectivity index (χ0n) is 12.7. The quantitative estimate of drug-likeness (QED) is 0.804. The van der Waals surface area contributed by atoms with Crippen LogP contribution in [0.4, 0.5) is 5.69 Å². The molecule has 2 rings (SSSR count). The van der Waals surface area contributed by atoms with Gasteiger partial charge in [0.25, 0.3) is 0 Å². The fourth-order valence-electron chi connectivity index (χ4n) is 2.22. The molecule has 0 bridgehead atoms. The maximum Gasteiger partial charge on any atom is 0.0726 e. The average molecular weight is 271 g/mol. The first-order chi connectivity index (χ1) is 9.70. The van der Waals surface area contributed by atoms with Crippen LogP contribution >= 0.6 is 0 Å². The summed E-state index contributed by atoms with van der Waals surface area (Å²) in [6.07, 6.45) is 1.12. The molecule has 2 aromatic rings. The molecule has 3 nitrogen and oxygen atoms in total. The van der Waals surface area contributed by atoms with Crippen LogP contribution < -0.4 is 10.6 Å². The summed E-state index contributed by atoms with van der Waals surface area (Å²) >= 11 is 0. The number of nitrogens with one attached hydrogen (secondary N) is 2. The van der Waals surface area contributed by atoms with Gasteiger partial charge in [0.05, 0.1) is 11.2 Å². The van der Waals surface area contributed by atoms with Crippen LogP contribution in [0.1, 0.15) is 32.9 Å². The van der Waals surface area contributed by atoms with E-state index >= 15 is 0 Å². The summed E-state index contributed by atoms with van der Waals surface area (Å²) in [6, 6.07) is 10.5. The molecule has 0 atom stereocenters. The Morgan fingerprint density at radius 1 is 1.20 bits per heavy atom. The Morgan fingerprint density at radius 3 is 2.75 bits per heavy atom. The minimum atomic E-state index is 0.660. The van der Waals surface area contributed by atoms with E-state index in [2.05, 4.69) is 55.7 Å². The van der Waals surface area contributed by atoms with Crippen LogP contribution in [0.2, 0.25) is 0 Å². The highest BCUT2D eigenvalue weighted by molar-refractivity contribution is 5.91. The van der Waals surface area contributed by atoms with Gasteiger partial charge in [0, 0.05) is 24.2 Å². The number of para-hydroxylation sites is 1. The molecular formula is C17H25N3. The number of rotatable bonds is 7. The molecule has 0 saturated carbocycles. The van der Waals surface area contributed by atoms with E-state index in [1.807, 2.05) is 6.07 Å². The van der Waals surface area contributed by atoms with Gasteiger partial charge >= 0.3 is 0 Å². The summed E-state index contributed by atoms with van der Waals surface area (Å²) in [4.78, 5) is 4.74. The number of benzene rings is 1. The van der Waals surface area contributed by atoms with E-state index in [0.717, 1.165) is 37.3 Å². The lowest BCUT2D eigenvalue weighted by atomic mass is 10.1. The number of hydrogen-bond acceptors (Lipinski definition) is 3. The molecule has 1 aromatic heterocycles. The van der Waals surface area contributed by atoms with Gasteiger partial charge in [0.1, 0.15) is 0 Å². The average Bonchev–Trinajstić information content (AvgIpc) is 2.44. The van der Waals surface area contributed by atoms with E-state index in [9.17, 15) is 0 Å². The molecule has 1 aromatic carbocycles. The molecule has 0 fully saturated rings.